The van der Waals surface area contributed by atoms with Crippen molar-refractivity contribution in [2.45, 2.75) is 34.6 Å². The van der Waals surface area contributed by atoms with Crippen molar-refractivity contribution < 1.29 is 10.2 Å². The summed E-state index contributed by atoms with van der Waals surface area (Å²) in [5.74, 6) is -0.109. The minimum atomic E-state index is -0.0599. The number of phenols is 2. The molecule has 0 aromatic heterocycles. The molecule has 0 spiro atoms. The van der Waals surface area contributed by atoms with Gasteiger partial charge in [0.15, 0.2) is 11.5 Å². The standard InChI is InChI=1S/C39H36O2/c1-8-26-15-14-18-32(29(26)9-2)27-19-21-28(22-20-27)36-30(10-3)31(11-4)37(34-17-13-12-16-33(34)36)35-23(5)24(6)38(40)39(41)25(35)7/h8-22,40-41H,1-2H2,3-7H3/b30-10+,31-11+. The Morgan fingerprint density at radius 3 is 1.71 bits per heavy atom. The molecule has 2 heteroatoms. The van der Waals surface area contributed by atoms with E-state index in [2.05, 4.69) is 106 Å². The van der Waals surface area contributed by atoms with E-state index >= 15 is 0 Å². The normalized spacial score (nSPS) is 12.2. The van der Waals surface area contributed by atoms with Crippen LogP contribution in [0.15, 0.2) is 79.9 Å². The van der Waals surface area contributed by atoms with Gasteiger partial charge in [-0.3, -0.25) is 0 Å². The summed E-state index contributed by atoms with van der Waals surface area (Å²) in [6.07, 6.45) is 8.10. The summed E-state index contributed by atoms with van der Waals surface area (Å²) < 4.78 is 0. The molecule has 5 aromatic rings. The molecule has 5 aromatic carbocycles. The maximum absolute atomic E-state index is 10.9. The van der Waals surface area contributed by atoms with Crippen molar-refractivity contribution in [1.82, 2.24) is 0 Å². The van der Waals surface area contributed by atoms with Crippen LogP contribution in [0.5, 0.6) is 11.5 Å². The fourth-order valence-corrected chi connectivity index (χ4v) is 6.21. The van der Waals surface area contributed by atoms with Crippen LogP contribution in [0.4, 0.5) is 0 Å². The minimum absolute atomic E-state index is 0.0488. The van der Waals surface area contributed by atoms with Gasteiger partial charge < -0.3 is 10.2 Å². The van der Waals surface area contributed by atoms with Crippen LogP contribution in [-0.4, -0.2) is 10.2 Å². The van der Waals surface area contributed by atoms with Crippen molar-refractivity contribution in [2.75, 3.05) is 0 Å². The fraction of sp³-hybridized carbons (Fsp3) is 0.128. The Kier molecular flexibility index (Phi) is 7.43. The third-order valence-corrected chi connectivity index (χ3v) is 8.42. The summed E-state index contributed by atoms with van der Waals surface area (Å²) in [7, 11) is 0. The number of rotatable bonds is 5. The second kappa shape index (κ2) is 11.0. The zero-order valence-electron chi connectivity index (χ0n) is 24.5. The summed E-state index contributed by atoms with van der Waals surface area (Å²) in [6.45, 7) is 17.9. The molecule has 0 fully saturated rings. The summed E-state index contributed by atoms with van der Waals surface area (Å²) in [4.78, 5) is 0. The van der Waals surface area contributed by atoms with Crippen LogP contribution in [0.1, 0.15) is 41.7 Å². The summed E-state index contributed by atoms with van der Waals surface area (Å²) in [5, 5.41) is 25.9. The predicted molar refractivity (Wildman–Crippen MR) is 178 cm³/mol. The zero-order chi connectivity index (χ0) is 29.4. The van der Waals surface area contributed by atoms with Crippen LogP contribution in [0.3, 0.4) is 0 Å². The molecule has 0 heterocycles. The van der Waals surface area contributed by atoms with Gasteiger partial charge in [0, 0.05) is 5.56 Å². The van der Waals surface area contributed by atoms with Gasteiger partial charge in [0.1, 0.15) is 0 Å². The molecule has 41 heavy (non-hydrogen) atoms. The van der Waals surface area contributed by atoms with Crippen molar-refractivity contribution >= 4 is 35.1 Å². The van der Waals surface area contributed by atoms with Crippen LogP contribution >= 0.6 is 0 Å². The molecule has 2 N–H and O–H groups in total. The average Bonchev–Trinajstić information content (AvgIpc) is 3.01. The number of hydrogen-bond acceptors (Lipinski definition) is 2. The van der Waals surface area contributed by atoms with Crippen LogP contribution in [0.2, 0.25) is 0 Å². The molecule has 0 aliphatic carbocycles. The van der Waals surface area contributed by atoms with Gasteiger partial charge in [-0.05, 0) is 111 Å². The second-order valence-corrected chi connectivity index (χ2v) is 10.4. The van der Waals surface area contributed by atoms with E-state index in [0.717, 1.165) is 65.7 Å². The van der Waals surface area contributed by atoms with E-state index in [1.165, 1.54) is 5.56 Å². The number of fused-ring (bicyclic) bond motifs is 1. The third-order valence-electron chi connectivity index (χ3n) is 8.42. The first-order chi connectivity index (χ1) is 19.8. The molecule has 0 amide bonds. The van der Waals surface area contributed by atoms with Gasteiger partial charge in [-0.2, -0.15) is 0 Å². The number of aromatic hydroxyl groups is 2. The number of benzene rings is 5. The predicted octanol–water partition coefficient (Wildman–Crippen LogP) is 9.06. The molecule has 0 atom stereocenters. The van der Waals surface area contributed by atoms with E-state index in [1.54, 1.807) is 0 Å². The maximum atomic E-state index is 10.9. The Balaban J connectivity index is 1.84. The van der Waals surface area contributed by atoms with Gasteiger partial charge in [0.2, 0.25) is 0 Å². The monoisotopic (exact) mass is 536 g/mol. The SMILES string of the molecule is C=Cc1cccc(-c2ccc(-c3c(=C/C)/c(=C\C)c(-c4c(C)c(C)c(O)c(O)c4C)c4ccccc34)cc2)c1C=C. The van der Waals surface area contributed by atoms with Gasteiger partial charge in [0.25, 0.3) is 0 Å². The summed E-state index contributed by atoms with van der Waals surface area (Å²) >= 11 is 0. The Bertz CT molecular complexity index is 1940. The quantitative estimate of drug-likeness (QED) is 0.220. The smallest absolute Gasteiger partial charge is 0.161 e. The van der Waals surface area contributed by atoms with Crippen LogP contribution < -0.4 is 10.4 Å². The third kappa shape index (κ3) is 4.37. The Morgan fingerprint density at radius 1 is 0.561 bits per heavy atom. The van der Waals surface area contributed by atoms with Crippen LogP contribution in [0.25, 0.3) is 68.5 Å². The number of hydrogen-bond donors (Lipinski definition) is 2. The van der Waals surface area contributed by atoms with Crippen LogP contribution in [0, 0.1) is 20.8 Å². The van der Waals surface area contributed by atoms with Crippen molar-refractivity contribution in [3.63, 3.8) is 0 Å². The molecule has 0 unspecified atom stereocenters. The average molecular weight is 537 g/mol. The van der Waals surface area contributed by atoms with Crippen molar-refractivity contribution in [3.05, 3.63) is 118 Å². The fourth-order valence-electron chi connectivity index (χ4n) is 6.21. The lowest BCUT2D eigenvalue weighted by atomic mass is 9.83. The molecule has 0 aliphatic rings. The first kappa shape index (κ1) is 27.7. The van der Waals surface area contributed by atoms with E-state index in [4.69, 9.17) is 0 Å². The lowest BCUT2D eigenvalue weighted by Crippen LogP contribution is -2.29. The topological polar surface area (TPSA) is 40.5 Å². The molecule has 2 nitrogen and oxygen atoms in total. The lowest BCUT2D eigenvalue weighted by molar-refractivity contribution is 0.398. The highest BCUT2D eigenvalue weighted by Crippen LogP contribution is 2.43. The molecular weight excluding hydrogens is 500 g/mol. The molecule has 0 aliphatic heterocycles. The van der Waals surface area contributed by atoms with Crippen molar-refractivity contribution in [3.8, 4) is 44.9 Å². The van der Waals surface area contributed by atoms with E-state index in [-0.39, 0.29) is 11.5 Å². The largest absolute Gasteiger partial charge is 0.504 e. The summed E-state index contributed by atoms with van der Waals surface area (Å²) in [5.41, 5.74) is 11.1. The highest BCUT2D eigenvalue weighted by Gasteiger charge is 2.22. The van der Waals surface area contributed by atoms with Gasteiger partial charge in [-0.25, -0.2) is 0 Å². The molecule has 0 radical (unpaired) electrons. The van der Waals surface area contributed by atoms with E-state index in [1.807, 2.05) is 32.9 Å². The van der Waals surface area contributed by atoms with Gasteiger partial charge in [-0.15, -0.1) is 0 Å². The zero-order valence-corrected chi connectivity index (χ0v) is 24.5. The minimum Gasteiger partial charge on any atom is -0.504 e. The van der Waals surface area contributed by atoms with E-state index < -0.39 is 0 Å². The highest BCUT2D eigenvalue weighted by molar-refractivity contribution is 6.07. The second-order valence-electron chi connectivity index (χ2n) is 10.4. The van der Waals surface area contributed by atoms with E-state index in [9.17, 15) is 10.2 Å². The Labute approximate surface area is 242 Å². The molecule has 204 valence electrons. The van der Waals surface area contributed by atoms with Crippen LogP contribution in [-0.2, 0) is 0 Å². The Morgan fingerprint density at radius 2 is 1.12 bits per heavy atom. The highest BCUT2D eigenvalue weighted by atomic mass is 16.3. The van der Waals surface area contributed by atoms with Gasteiger partial charge in [0.05, 0.1) is 0 Å². The first-order valence-electron chi connectivity index (χ1n) is 14.0. The first-order valence-corrected chi connectivity index (χ1v) is 14.0. The molecule has 0 bridgehead atoms. The van der Waals surface area contributed by atoms with Crippen molar-refractivity contribution in [2.24, 2.45) is 0 Å². The Hall–Kier alpha value is -4.82. The molecular formula is C39H36O2. The lowest BCUT2D eigenvalue weighted by Gasteiger charge is -2.21. The van der Waals surface area contributed by atoms with Crippen molar-refractivity contribution in [1.29, 1.82) is 0 Å². The maximum Gasteiger partial charge on any atom is 0.161 e. The molecule has 0 saturated heterocycles. The van der Waals surface area contributed by atoms with E-state index in [0.29, 0.717) is 11.1 Å². The summed E-state index contributed by atoms with van der Waals surface area (Å²) in [6, 6.07) is 23.5. The molecule has 5 rings (SSSR count). The molecule has 0 saturated carbocycles. The van der Waals surface area contributed by atoms with Gasteiger partial charge in [-0.1, -0.05) is 104 Å². The van der Waals surface area contributed by atoms with Gasteiger partial charge >= 0.3 is 0 Å². The number of phenolic OH excluding ortho intramolecular Hbond substituents is 2.